The van der Waals surface area contributed by atoms with Gasteiger partial charge in [0.05, 0.1) is 18.3 Å². The fraction of sp³-hybridized carbons (Fsp3) is 0.462. The lowest BCUT2D eigenvalue weighted by molar-refractivity contribution is -0.143. The molecule has 2 fully saturated rings. The van der Waals surface area contributed by atoms with E-state index < -0.39 is 5.97 Å². The summed E-state index contributed by atoms with van der Waals surface area (Å²) in [5.74, 6) is -0.212. The Morgan fingerprint density at radius 3 is 2.74 bits per heavy atom. The Kier molecular flexibility index (Phi) is 6.19. The summed E-state index contributed by atoms with van der Waals surface area (Å²) in [7, 11) is 0. The highest BCUT2D eigenvalue weighted by molar-refractivity contribution is 6.05. The van der Waals surface area contributed by atoms with Crippen molar-refractivity contribution in [2.45, 2.75) is 51.2 Å². The number of ether oxygens (including phenoxy) is 1. The van der Waals surface area contributed by atoms with E-state index in [1.165, 1.54) is 0 Å². The van der Waals surface area contributed by atoms with Gasteiger partial charge in [-0.15, -0.1) is 0 Å². The summed E-state index contributed by atoms with van der Waals surface area (Å²) < 4.78 is 5.42. The fourth-order valence-electron chi connectivity index (χ4n) is 4.90. The average Bonchev–Trinajstić information content (AvgIpc) is 3.51. The molecule has 1 aliphatic carbocycles. The maximum atomic E-state index is 13.3. The first-order valence-electron chi connectivity index (χ1n) is 12.1. The summed E-state index contributed by atoms with van der Waals surface area (Å²) in [5, 5.41) is 28.3. The topological polar surface area (TPSA) is 127 Å². The molecule has 9 nitrogen and oxygen atoms in total. The standard InChI is InChI=1S/C26H30N4O5/c1-2-15-9-18(10-21(25(15)34)29-8-7-19(12-29)35-14-23(32)33)22(31)13-30-11-17-5-6-20(16-3-4-16)28-24(17)26(30)27/h5-6,9-10,16,19,27,34H,2-4,7-8,11-14H2,1H3,(H,32,33). The number of amidine groups is 1. The first-order chi connectivity index (χ1) is 16.8. The van der Waals surface area contributed by atoms with Gasteiger partial charge >= 0.3 is 5.97 Å². The number of carbonyl (C=O) groups excluding carboxylic acids is 1. The van der Waals surface area contributed by atoms with Crippen LogP contribution in [-0.2, 0) is 22.5 Å². The van der Waals surface area contributed by atoms with Crippen LogP contribution in [0, 0.1) is 5.41 Å². The highest BCUT2D eigenvalue weighted by atomic mass is 16.5. The van der Waals surface area contributed by atoms with Crippen LogP contribution in [0.25, 0.3) is 0 Å². The van der Waals surface area contributed by atoms with Gasteiger partial charge in [-0.1, -0.05) is 13.0 Å². The number of aliphatic carboxylic acids is 1. The number of aromatic nitrogens is 1. The van der Waals surface area contributed by atoms with Gasteiger partial charge in [-0.25, -0.2) is 9.78 Å². The van der Waals surface area contributed by atoms with E-state index >= 15 is 0 Å². The fourth-order valence-corrected chi connectivity index (χ4v) is 4.90. The molecule has 1 aromatic heterocycles. The normalized spacial score (nSPS) is 19.3. The van der Waals surface area contributed by atoms with Gasteiger partial charge in [-0.05, 0) is 49.4 Å². The molecule has 0 amide bonds. The average molecular weight is 479 g/mol. The molecule has 3 aliphatic rings. The van der Waals surface area contributed by atoms with Crippen LogP contribution in [-0.4, -0.2) is 70.0 Å². The molecule has 0 bridgehead atoms. The predicted octanol–water partition coefficient (Wildman–Crippen LogP) is 2.93. The van der Waals surface area contributed by atoms with Crippen LogP contribution in [0.5, 0.6) is 5.75 Å². The number of rotatable bonds is 9. The van der Waals surface area contributed by atoms with Crippen molar-refractivity contribution in [1.29, 1.82) is 5.41 Å². The number of carboxylic acid groups (broad SMARTS) is 1. The second-order valence-electron chi connectivity index (χ2n) is 9.56. The smallest absolute Gasteiger partial charge is 0.329 e. The van der Waals surface area contributed by atoms with Crippen molar-refractivity contribution in [2.24, 2.45) is 0 Å². The molecule has 0 spiro atoms. The Balaban J connectivity index is 1.32. The van der Waals surface area contributed by atoms with Gasteiger partial charge in [0.15, 0.2) is 5.78 Å². The van der Waals surface area contributed by atoms with Crippen LogP contribution in [0.2, 0.25) is 0 Å². The number of carboxylic acids is 1. The summed E-state index contributed by atoms with van der Waals surface area (Å²) in [4.78, 5) is 32.5. The predicted molar refractivity (Wildman–Crippen MR) is 129 cm³/mol. The van der Waals surface area contributed by atoms with Crippen LogP contribution < -0.4 is 4.90 Å². The number of phenols is 1. The van der Waals surface area contributed by atoms with E-state index in [0.717, 1.165) is 24.1 Å². The number of nitrogens with zero attached hydrogens (tertiary/aromatic N) is 3. The third-order valence-electron chi connectivity index (χ3n) is 7.03. The van der Waals surface area contributed by atoms with Gasteiger partial charge in [-0.3, -0.25) is 10.2 Å². The molecule has 5 rings (SSSR count). The van der Waals surface area contributed by atoms with Gasteiger partial charge in [-0.2, -0.15) is 0 Å². The second kappa shape index (κ2) is 9.30. The SMILES string of the molecule is CCc1cc(C(=O)CN2Cc3ccc(C4CC4)nc3C2=N)cc(N2CCC(OCC(=O)O)C2)c1O. The molecule has 9 heteroatoms. The van der Waals surface area contributed by atoms with Crippen molar-refractivity contribution < 1.29 is 24.5 Å². The van der Waals surface area contributed by atoms with Crippen molar-refractivity contribution in [1.82, 2.24) is 9.88 Å². The molecule has 3 heterocycles. The lowest BCUT2D eigenvalue weighted by Crippen LogP contribution is -2.31. The summed E-state index contributed by atoms with van der Waals surface area (Å²) in [6.07, 6.45) is 3.25. The molecule has 1 atom stereocenters. The maximum Gasteiger partial charge on any atom is 0.329 e. The largest absolute Gasteiger partial charge is 0.505 e. The zero-order valence-electron chi connectivity index (χ0n) is 19.8. The Labute approximate surface area is 203 Å². The summed E-state index contributed by atoms with van der Waals surface area (Å²) in [5.41, 5.74) is 4.40. The summed E-state index contributed by atoms with van der Waals surface area (Å²) in [6, 6.07) is 7.50. The first-order valence-corrected chi connectivity index (χ1v) is 12.1. The molecule has 2 aliphatic heterocycles. The van der Waals surface area contributed by atoms with E-state index in [1.807, 2.05) is 24.0 Å². The van der Waals surface area contributed by atoms with Crippen molar-refractivity contribution in [3.63, 3.8) is 0 Å². The molecule has 1 saturated heterocycles. The van der Waals surface area contributed by atoms with Crippen molar-refractivity contribution in [3.05, 3.63) is 52.3 Å². The van der Waals surface area contributed by atoms with E-state index in [2.05, 4.69) is 0 Å². The number of carbonyl (C=O) groups is 2. The van der Waals surface area contributed by atoms with E-state index in [9.17, 15) is 14.7 Å². The molecular formula is C26H30N4O5. The number of anilines is 1. The number of phenolic OH excluding ortho intramolecular Hbond substituents is 1. The third kappa shape index (κ3) is 4.73. The Hall–Kier alpha value is -3.46. The highest BCUT2D eigenvalue weighted by Gasteiger charge is 2.32. The molecule has 1 saturated carbocycles. The lowest BCUT2D eigenvalue weighted by atomic mass is 10.0. The minimum atomic E-state index is -1.01. The van der Waals surface area contributed by atoms with Crippen LogP contribution in [0.3, 0.4) is 0 Å². The van der Waals surface area contributed by atoms with Gasteiger partial charge in [0.1, 0.15) is 23.9 Å². The highest BCUT2D eigenvalue weighted by Crippen LogP contribution is 2.40. The maximum absolute atomic E-state index is 13.3. The van der Waals surface area contributed by atoms with Crippen molar-refractivity contribution >= 4 is 23.3 Å². The molecule has 2 aromatic rings. The van der Waals surface area contributed by atoms with Crippen LogP contribution in [0.15, 0.2) is 24.3 Å². The Morgan fingerprint density at radius 1 is 1.23 bits per heavy atom. The number of aromatic hydroxyl groups is 1. The summed E-state index contributed by atoms with van der Waals surface area (Å²) in [6.45, 7) is 3.16. The van der Waals surface area contributed by atoms with E-state index in [0.29, 0.717) is 60.9 Å². The molecule has 0 radical (unpaired) electrons. The number of hydrogen-bond acceptors (Lipinski definition) is 7. The second-order valence-corrected chi connectivity index (χ2v) is 9.56. The summed E-state index contributed by atoms with van der Waals surface area (Å²) >= 11 is 0. The zero-order valence-corrected chi connectivity index (χ0v) is 19.8. The number of ketones is 1. The molecule has 184 valence electrons. The van der Waals surface area contributed by atoms with E-state index in [4.69, 9.17) is 20.2 Å². The molecule has 35 heavy (non-hydrogen) atoms. The van der Waals surface area contributed by atoms with Crippen LogP contribution in [0.4, 0.5) is 5.69 Å². The molecule has 1 unspecified atom stereocenters. The minimum absolute atomic E-state index is 0.0612. The number of fused-ring (bicyclic) bond motifs is 1. The monoisotopic (exact) mass is 478 g/mol. The zero-order chi connectivity index (χ0) is 24.7. The van der Waals surface area contributed by atoms with E-state index in [1.54, 1.807) is 17.0 Å². The van der Waals surface area contributed by atoms with Gasteiger partial charge in [0.2, 0.25) is 0 Å². The number of nitrogens with one attached hydrogen (secondary N) is 1. The van der Waals surface area contributed by atoms with Crippen molar-refractivity contribution in [3.8, 4) is 5.75 Å². The first kappa shape index (κ1) is 23.3. The molecule has 1 aromatic carbocycles. The third-order valence-corrected chi connectivity index (χ3v) is 7.03. The Morgan fingerprint density at radius 2 is 2.03 bits per heavy atom. The van der Waals surface area contributed by atoms with E-state index in [-0.39, 0.29) is 36.6 Å². The van der Waals surface area contributed by atoms with Crippen LogP contribution >= 0.6 is 0 Å². The van der Waals surface area contributed by atoms with Crippen LogP contribution in [0.1, 0.15) is 65.0 Å². The quantitative estimate of drug-likeness (QED) is 0.470. The number of benzene rings is 1. The van der Waals surface area contributed by atoms with Gasteiger partial charge in [0, 0.05) is 42.4 Å². The number of hydrogen-bond donors (Lipinski definition) is 3. The number of pyridine rings is 1. The number of aryl methyl sites for hydroxylation is 1. The number of Topliss-reactive ketones (excluding diaryl/α,β-unsaturated/α-hetero) is 1. The van der Waals surface area contributed by atoms with Gasteiger partial charge < -0.3 is 24.7 Å². The van der Waals surface area contributed by atoms with Crippen molar-refractivity contribution in [2.75, 3.05) is 31.1 Å². The molecule has 3 N–H and O–H groups in total. The lowest BCUT2D eigenvalue weighted by Gasteiger charge is -2.23. The molecular weight excluding hydrogens is 448 g/mol. The minimum Gasteiger partial charge on any atom is -0.505 e. The van der Waals surface area contributed by atoms with Gasteiger partial charge in [0.25, 0.3) is 0 Å². The Bertz CT molecular complexity index is 1190.